The number of amides is 1. The van der Waals surface area contributed by atoms with Crippen LogP contribution in [0, 0.1) is 6.92 Å². The molecule has 5 heteroatoms. The Hall–Kier alpha value is -1.33. The molecule has 2 N–H and O–H groups in total. The van der Waals surface area contributed by atoms with Crippen molar-refractivity contribution in [2.24, 2.45) is 0 Å². The molecule has 1 aromatic rings. The number of rotatable bonds is 3. The van der Waals surface area contributed by atoms with Crippen molar-refractivity contribution < 1.29 is 9.21 Å². The average molecular weight is 223 g/mol. The van der Waals surface area contributed by atoms with Crippen LogP contribution in [0.15, 0.2) is 16.5 Å². The number of hydrogen-bond acceptors (Lipinski definition) is 4. The van der Waals surface area contributed by atoms with Gasteiger partial charge in [-0.05, 0) is 13.0 Å². The van der Waals surface area contributed by atoms with Gasteiger partial charge in [0.05, 0.1) is 6.54 Å². The smallest absolute Gasteiger partial charge is 0.240 e. The zero-order chi connectivity index (χ0) is 11.4. The molecule has 1 aromatic heterocycles. The minimum absolute atomic E-state index is 0.0174. The van der Waals surface area contributed by atoms with E-state index in [1.165, 1.54) is 0 Å². The van der Waals surface area contributed by atoms with E-state index in [-0.39, 0.29) is 5.91 Å². The first-order valence-electron chi connectivity index (χ1n) is 5.53. The fourth-order valence-electron chi connectivity index (χ4n) is 1.75. The SMILES string of the molecule is Cc1ccc(NC(=O)CN2CCNCC2)o1. The molecule has 88 valence electrons. The minimum atomic E-state index is -0.0174. The molecule has 0 spiro atoms. The van der Waals surface area contributed by atoms with Crippen molar-refractivity contribution in [2.75, 3.05) is 38.0 Å². The van der Waals surface area contributed by atoms with Crippen LogP contribution in [0.2, 0.25) is 0 Å². The molecule has 1 aliphatic heterocycles. The van der Waals surface area contributed by atoms with Crippen LogP contribution in [0.25, 0.3) is 0 Å². The number of carbonyl (C=O) groups excluding carboxylic acids is 1. The quantitative estimate of drug-likeness (QED) is 0.780. The third-order valence-corrected chi connectivity index (χ3v) is 2.58. The number of aryl methyl sites for hydroxylation is 1. The van der Waals surface area contributed by atoms with E-state index in [4.69, 9.17) is 4.42 Å². The Kier molecular flexibility index (Phi) is 3.58. The molecule has 1 aliphatic rings. The van der Waals surface area contributed by atoms with Crippen LogP contribution in [0.1, 0.15) is 5.76 Å². The Morgan fingerprint density at radius 3 is 2.88 bits per heavy atom. The first-order valence-corrected chi connectivity index (χ1v) is 5.53. The predicted octanol–water partition coefficient (Wildman–Crippen LogP) is 0.432. The Morgan fingerprint density at radius 2 is 2.25 bits per heavy atom. The first kappa shape index (κ1) is 11.2. The number of nitrogens with zero attached hydrogens (tertiary/aromatic N) is 1. The van der Waals surface area contributed by atoms with Gasteiger partial charge in [0.1, 0.15) is 5.76 Å². The van der Waals surface area contributed by atoms with Gasteiger partial charge in [-0.25, -0.2) is 0 Å². The van der Waals surface area contributed by atoms with Crippen molar-refractivity contribution in [1.82, 2.24) is 10.2 Å². The van der Waals surface area contributed by atoms with E-state index in [1.54, 1.807) is 6.07 Å². The van der Waals surface area contributed by atoms with Gasteiger partial charge in [0.25, 0.3) is 0 Å². The van der Waals surface area contributed by atoms with Crippen molar-refractivity contribution >= 4 is 11.8 Å². The lowest BCUT2D eigenvalue weighted by Gasteiger charge is -2.26. The van der Waals surface area contributed by atoms with Crippen molar-refractivity contribution in [1.29, 1.82) is 0 Å². The summed E-state index contributed by atoms with van der Waals surface area (Å²) in [5, 5.41) is 5.99. The summed E-state index contributed by atoms with van der Waals surface area (Å²) >= 11 is 0. The number of hydrogen-bond donors (Lipinski definition) is 2. The lowest BCUT2D eigenvalue weighted by atomic mass is 10.3. The second-order valence-electron chi connectivity index (χ2n) is 3.98. The van der Waals surface area contributed by atoms with E-state index in [9.17, 15) is 4.79 Å². The molecule has 2 rings (SSSR count). The maximum atomic E-state index is 11.7. The second-order valence-corrected chi connectivity index (χ2v) is 3.98. The van der Waals surface area contributed by atoms with Crippen molar-refractivity contribution in [3.63, 3.8) is 0 Å². The van der Waals surface area contributed by atoms with Crippen LogP contribution < -0.4 is 10.6 Å². The number of carbonyl (C=O) groups is 1. The molecule has 0 unspecified atom stereocenters. The predicted molar refractivity (Wildman–Crippen MR) is 61.4 cm³/mol. The van der Waals surface area contributed by atoms with E-state index in [0.29, 0.717) is 12.4 Å². The molecule has 1 amide bonds. The van der Waals surface area contributed by atoms with Gasteiger partial charge in [-0.15, -0.1) is 0 Å². The Morgan fingerprint density at radius 1 is 1.50 bits per heavy atom. The third-order valence-electron chi connectivity index (χ3n) is 2.58. The summed E-state index contributed by atoms with van der Waals surface area (Å²) in [4.78, 5) is 13.8. The molecule has 16 heavy (non-hydrogen) atoms. The third kappa shape index (κ3) is 3.08. The monoisotopic (exact) mass is 223 g/mol. The van der Waals surface area contributed by atoms with Crippen LogP contribution in [0.3, 0.4) is 0 Å². The van der Waals surface area contributed by atoms with Crippen LogP contribution in [-0.4, -0.2) is 43.5 Å². The summed E-state index contributed by atoms with van der Waals surface area (Å²) in [6, 6.07) is 3.60. The minimum Gasteiger partial charge on any atom is -0.446 e. The maximum Gasteiger partial charge on any atom is 0.240 e. The van der Waals surface area contributed by atoms with Gasteiger partial charge >= 0.3 is 0 Å². The maximum absolute atomic E-state index is 11.7. The molecule has 0 aromatic carbocycles. The highest BCUT2D eigenvalue weighted by molar-refractivity contribution is 5.91. The van der Waals surface area contributed by atoms with Crippen molar-refractivity contribution in [2.45, 2.75) is 6.92 Å². The van der Waals surface area contributed by atoms with Crippen LogP contribution in [-0.2, 0) is 4.79 Å². The zero-order valence-corrected chi connectivity index (χ0v) is 9.45. The molecular weight excluding hydrogens is 206 g/mol. The van der Waals surface area contributed by atoms with E-state index in [1.807, 2.05) is 13.0 Å². The number of nitrogens with one attached hydrogen (secondary N) is 2. The molecule has 1 fully saturated rings. The molecule has 0 saturated carbocycles. The van der Waals surface area contributed by atoms with Crippen LogP contribution >= 0.6 is 0 Å². The van der Waals surface area contributed by atoms with Crippen LogP contribution in [0.4, 0.5) is 5.88 Å². The lowest BCUT2D eigenvalue weighted by molar-refractivity contribution is -0.117. The molecule has 0 radical (unpaired) electrons. The van der Waals surface area contributed by atoms with Gasteiger partial charge in [-0.1, -0.05) is 0 Å². The molecule has 2 heterocycles. The van der Waals surface area contributed by atoms with Crippen molar-refractivity contribution in [3.8, 4) is 0 Å². The van der Waals surface area contributed by atoms with Crippen LogP contribution in [0.5, 0.6) is 0 Å². The topological polar surface area (TPSA) is 57.5 Å². The molecular formula is C11H17N3O2. The second kappa shape index (κ2) is 5.14. The Balaban J connectivity index is 1.79. The number of piperazine rings is 1. The standard InChI is InChI=1S/C11H17N3O2/c1-9-2-3-11(16-9)13-10(15)8-14-6-4-12-5-7-14/h2-3,12H,4-8H2,1H3,(H,13,15). The van der Waals surface area contributed by atoms with Gasteiger partial charge < -0.3 is 9.73 Å². The number of anilines is 1. The van der Waals surface area contributed by atoms with Crippen molar-refractivity contribution in [3.05, 3.63) is 17.9 Å². The first-order chi connectivity index (χ1) is 7.74. The highest BCUT2D eigenvalue weighted by Gasteiger charge is 2.14. The normalized spacial score (nSPS) is 17.3. The molecule has 0 atom stereocenters. The summed E-state index contributed by atoms with van der Waals surface area (Å²) in [5.74, 6) is 1.31. The summed E-state index contributed by atoms with van der Waals surface area (Å²) in [6.45, 7) is 6.03. The van der Waals surface area contributed by atoms with Gasteiger partial charge in [-0.2, -0.15) is 0 Å². The van der Waals surface area contributed by atoms with E-state index >= 15 is 0 Å². The Labute approximate surface area is 94.8 Å². The van der Waals surface area contributed by atoms with E-state index < -0.39 is 0 Å². The molecule has 5 nitrogen and oxygen atoms in total. The highest BCUT2D eigenvalue weighted by Crippen LogP contribution is 2.11. The molecule has 0 bridgehead atoms. The van der Waals surface area contributed by atoms with Gasteiger partial charge in [0.2, 0.25) is 5.91 Å². The number of furan rings is 1. The fourth-order valence-corrected chi connectivity index (χ4v) is 1.75. The summed E-state index contributed by atoms with van der Waals surface area (Å²) in [6.07, 6.45) is 0. The highest BCUT2D eigenvalue weighted by atomic mass is 16.4. The van der Waals surface area contributed by atoms with E-state index in [0.717, 1.165) is 31.9 Å². The van der Waals surface area contributed by atoms with Gasteiger partial charge in [-0.3, -0.25) is 15.0 Å². The van der Waals surface area contributed by atoms with Gasteiger partial charge in [0.15, 0.2) is 5.88 Å². The summed E-state index contributed by atoms with van der Waals surface area (Å²) in [7, 11) is 0. The van der Waals surface area contributed by atoms with E-state index in [2.05, 4.69) is 15.5 Å². The summed E-state index contributed by atoms with van der Waals surface area (Å²) < 4.78 is 5.28. The zero-order valence-electron chi connectivity index (χ0n) is 9.45. The average Bonchev–Trinajstić information content (AvgIpc) is 2.65. The van der Waals surface area contributed by atoms with Gasteiger partial charge in [0, 0.05) is 32.2 Å². The largest absolute Gasteiger partial charge is 0.446 e. The lowest BCUT2D eigenvalue weighted by Crippen LogP contribution is -2.46. The molecule has 0 aliphatic carbocycles. The molecule has 1 saturated heterocycles. The Bertz CT molecular complexity index is 356. The summed E-state index contributed by atoms with van der Waals surface area (Å²) in [5.41, 5.74) is 0. The fraction of sp³-hybridized carbons (Fsp3) is 0.545.